The standard InChI is InChI=1S/C8H14N4O2S/c1-6-10-5-8(11-6)15(13,14)12-7-2-3-9-4-7/h5,7,9,12H,2-4H2,1H3,(H,10,11)/t7-/m1/s1. The minimum Gasteiger partial charge on any atom is -0.332 e. The molecule has 2 rings (SSSR count). The summed E-state index contributed by atoms with van der Waals surface area (Å²) in [5.74, 6) is 0.597. The maximum Gasteiger partial charge on any atom is 0.257 e. The first kappa shape index (κ1) is 10.6. The van der Waals surface area contributed by atoms with Gasteiger partial charge in [-0.3, -0.25) is 0 Å². The fraction of sp³-hybridized carbons (Fsp3) is 0.625. The van der Waals surface area contributed by atoms with Crippen LogP contribution in [0.15, 0.2) is 11.2 Å². The van der Waals surface area contributed by atoms with Crippen molar-refractivity contribution in [1.29, 1.82) is 0 Å². The number of rotatable bonds is 3. The molecule has 84 valence electrons. The van der Waals surface area contributed by atoms with Gasteiger partial charge in [0, 0.05) is 12.6 Å². The van der Waals surface area contributed by atoms with E-state index in [1.165, 1.54) is 6.20 Å². The highest BCUT2D eigenvalue weighted by molar-refractivity contribution is 7.89. The molecule has 0 spiro atoms. The van der Waals surface area contributed by atoms with Crippen LogP contribution >= 0.6 is 0 Å². The van der Waals surface area contributed by atoms with Crippen molar-refractivity contribution in [1.82, 2.24) is 20.0 Å². The number of aromatic amines is 1. The predicted octanol–water partition coefficient (Wildman–Crippen LogP) is -0.642. The number of nitrogens with zero attached hydrogens (tertiary/aromatic N) is 1. The molecule has 3 N–H and O–H groups in total. The van der Waals surface area contributed by atoms with Crippen LogP contribution in [0.1, 0.15) is 12.2 Å². The summed E-state index contributed by atoms with van der Waals surface area (Å²) in [5.41, 5.74) is 0. The van der Waals surface area contributed by atoms with Gasteiger partial charge in [-0.1, -0.05) is 0 Å². The average molecular weight is 230 g/mol. The lowest BCUT2D eigenvalue weighted by Gasteiger charge is -2.09. The largest absolute Gasteiger partial charge is 0.332 e. The lowest BCUT2D eigenvalue weighted by Crippen LogP contribution is -2.36. The maximum atomic E-state index is 11.8. The van der Waals surface area contributed by atoms with E-state index in [2.05, 4.69) is 20.0 Å². The Kier molecular flexibility index (Phi) is 2.76. The smallest absolute Gasteiger partial charge is 0.257 e. The van der Waals surface area contributed by atoms with E-state index in [1.807, 2.05) is 0 Å². The zero-order valence-corrected chi connectivity index (χ0v) is 9.26. The minimum atomic E-state index is -3.43. The van der Waals surface area contributed by atoms with Crippen LogP contribution in [0.4, 0.5) is 0 Å². The molecule has 0 bridgehead atoms. The van der Waals surface area contributed by atoms with E-state index in [4.69, 9.17) is 0 Å². The van der Waals surface area contributed by atoms with Gasteiger partial charge in [0.15, 0.2) is 5.03 Å². The summed E-state index contributed by atoms with van der Waals surface area (Å²) >= 11 is 0. The molecule has 1 aliphatic rings. The zero-order chi connectivity index (χ0) is 10.9. The molecule has 1 aromatic rings. The van der Waals surface area contributed by atoms with E-state index in [-0.39, 0.29) is 11.1 Å². The lowest BCUT2D eigenvalue weighted by molar-refractivity contribution is 0.557. The molecule has 0 amide bonds. The molecule has 0 aliphatic carbocycles. The Morgan fingerprint density at radius 1 is 1.60 bits per heavy atom. The highest BCUT2D eigenvalue weighted by atomic mass is 32.2. The Hall–Kier alpha value is -0.920. The highest BCUT2D eigenvalue weighted by Gasteiger charge is 2.23. The molecular weight excluding hydrogens is 216 g/mol. The number of hydrogen-bond donors (Lipinski definition) is 3. The van der Waals surface area contributed by atoms with Crippen molar-refractivity contribution in [3.63, 3.8) is 0 Å². The van der Waals surface area contributed by atoms with E-state index in [0.29, 0.717) is 12.4 Å². The number of H-pyrrole nitrogens is 1. The number of imidazole rings is 1. The zero-order valence-electron chi connectivity index (χ0n) is 8.45. The minimum absolute atomic E-state index is 0.0152. The number of hydrogen-bond acceptors (Lipinski definition) is 4. The molecule has 0 radical (unpaired) electrons. The van der Waals surface area contributed by atoms with Gasteiger partial charge in [-0.2, -0.15) is 0 Å². The second kappa shape index (κ2) is 3.92. The summed E-state index contributed by atoms with van der Waals surface area (Å²) in [4.78, 5) is 6.58. The van der Waals surface area contributed by atoms with Crippen LogP contribution in [0.3, 0.4) is 0 Å². The van der Waals surface area contributed by atoms with Gasteiger partial charge in [-0.05, 0) is 19.9 Å². The third-order valence-electron chi connectivity index (χ3n) is 2.35. The van der Waals surface area contributed by atoms with Crippen LogP contribution in [0.25, 0.3) is 0 Å². The molecular formula is C8H14N4O2S. The topological polar surface area (TPSA) is 86.9 Å². The molecule has 6 nitrogen and oxygen atoms in total. The number of aromatic nitrogens is 2. The quantitative estimate of drug-likeness (QED) is 0.644. The van der Waals surface area contributed by atoms with Gasteiger partial charge in [0.25, 0.3) is 10.0 Å². The van der Waals surface area contributed by atoms with Crippen molar-refractivity contribution in [3.05, 3.63) is 12.0 Å². The van der Waals surface area contributed by atoms with Crippen LogP contribution in [0.2, 0.25) is 0 Å². The number of aryl methyl sites for hydroxylation is 1. The number of sulfonamides is 1. The monoisotopic (exact) mass is 230 g/mol. The normalized spacial score (nSPS) is 22.1. The van der Waals surface area contributed by atoms with E-state index >= 15 is 0 Å². The first-order valence-corrected chi connectivity index (χ1v) is 6.31. The van der Waals surface area contributed by atoms with Gasteiger partial charge in [-0.15, -0.1) is 0 Å². The summed E-state index contributed by atoms with van der Waals surface area (Å²) in [5, 5.41) is 3.23. The Labute approximate surface area is 88.5 Å². The molecule has 1 saturated heterocycles. The lowest BCUT2D eigenvalue weighted by atomic mass is 10.3. The first-order chi connectivity index (χ1) is 7.08. The summed E-state index contributed by atoms with van der Waals surface area (Å²) in [6, 6.07) is -0.0152. The average Bonchev–Trinajstić information content (AvgIpc) is 2.75. The fourth-order valence-electron chi connectivity index (χ4n) is 1.57. The van der Waals surface area contributed by atoms with E-state index in [0.717, 1.165) is 13.0 Å². The molecule has 0 saturated carbocycles. The summed E-state index contributed by atoms with van der Waals surface area (Å²) in [6.07, 6.45) is 2.16. The molecule has 7 heteroatoms. The van der Waals surface area contributed by atoms with Crippen molar-refractivity contribution >= 4 is 10.0 Å². The van der Waals surface area contributed by atoms with Crippen LogP contribution < -0.4 is 10.0 Å². The van der Waals surface area contributed by atoms with Crippen molar-refractivity contribution < 1.29 is 8.42 Å². The molecule has 0 unspecified atom stereocenters. The highest BCUT2D eigenvalue weighted by Crippen LogP contribution is 2.08. The Morgan fingerprint density at radius 2 is 2.40 bits per heavy atom. The summed E-state index contributed by atoms with van der Waals surface area (Å²) < 4.78 is 26.2. The molecule has 1 fully saturated rings. The van der Waals surface area contributed by atoms with Crippen molar-refractivity contribution in [2.45, 2.75) is 24.4 Å². The third kappa shape index (κ3) is 2.36. The van der Waals surface area contributed by atoms with Gasteiger partial charge in [-0.25, -0.2) is 18.1 Å². The fourth-order valence-corrected chi connectivity index (χ4v) is 2.81. The molecule has 1 aromatic heterocycles. The van der Waals surface area contributed by atoms with Crippen LogP contribution in [0.5, 0.6) is 0 Å². The van der Waals surface area contributed by atoms with Crippen LogP contribution in [-0.2, 0) is 10.0 Å². The molecule has 1 aliphatic heterocycles. The van der Waals surface area contributed by atoms with Crippen molar-refractivity contribution in [3.8, 4) is 0 Å². The van der Waals surface area contributed by atoms with E-state index in [1.54, 1.807) is 6.92 Å². The van der Waals surface area contributed by atoms with Crippen molar-refractivity contribution in [2.24, 2.45) is 0 Å². The van der Waals surface area contributed by atoms with Gasteiger partial charge >= 0.3 is 0 Å². The van der Waals surface area contributed by atoms with Gasteiger partial charge < -0.3 is 10.3 Å². The Balaban J connectivity index is 2.12. The van der Waals surface area contributed by atoms with Crippen LogP contribution in [0, 0.1) is 6.92 Å². The summed E-state index contributed by atoms with van der Waals surface area (Å²) in [6.45, 7) is 3.26. The van der Waals surface area contributed by atoms with Gasteiger partial charge in [0.1, 0.15) is 5.82 Å². The second-order valence-electron chi connectivity index (χ2n) is 3.64. The first-order valence-electron chi connectivity index (χ1n) is 4.82. The van der Waals surface area contributed by atoms with Crippen LogP contribution in [-0.4, -0.2) is 37.5 Å². The maximum absolute atomic E-state index is 11.8. The molecule has 1 atom stereocenters. The molecule has 0 aromatic carbocycles. The summed E-state index contributed by atoms with van der Waals surface area (Å²) in [7, 11) is -3.43. The van der Waals surface area contributed by atoms with Gasteiger partial charge in [0.2, 0.25) is 0 Å². The van der Waals surface area contributed by atoms with Gasteiger partial charge in [0.05, 0.1) is 6.20 Å². The Morgan fingerprint density at radius 3 is 2.93 bits per heavy atom. The van der Waals surface area contributed by atoms with E-state index in [9.17, 15) is 8.42 Å². The third-order valence-corrected chi connectivity index (χ3v) is 3.78. The van der Waals surface area contributed by atoms with Crippen molar-refractivity contribution in [2.75, 3.05) is 13.1 Å². The predicted molar refractivity (Wildman–Crippen MR) is 54.9 cm³/mol. The Bertz CT molecular complexity index is 433. The second-order valence-corrected chi connectivity index (χ2v) is 5.33. The molecule has 2 heterocycles. The molecule has 15 heavy (non-hydrogen) atoms. The van der Waals surface area contributed by atoms with E-state index < -0.39 is 10.0 Å². The number of nitrogens with one attached hydrogen (secondary N) is 3. The SMILES string of the molecule is Cc1ncc(S(=O)(=O)N[C@@H]2CCNC2)[nH]1.